The van der Waals surface area contributed by atoms with Crippen LogP contribution < -0.4 is 0 Å². The summed E-state index contributed by atoms with van der Waals surface area (Å²) in [6.45, 7) is 3.54. The molecule has 1 fully saturated rings. The Labute approximate surface area is 86.2 Å². The van der Waals surface area contributed by atoms with E-state index in [4.69, 9.17) is 4.74 Å². The van der Waals surface area contributed by atoms with Crippen LogP contribution in [0.2, 0.25) is 0 Å². The topological polar surface area (TPSA) is 63.6 Å². The summed E-state index contributed by atoms with van der Waals surface area (Å²) in [6.07, 6.45) is 2.91. The van der Waals surface area contributed by atoms with Gasteiger partial charge in [0.25, 0.3) is 0 Å². The molecule has 1 rings (SSSR count). The largest absolute Gasteiger partial charge is 0.366 e. The summed E-state index contributed by atoms with van der Waals surface area (Å²) in [6, 6.07) is 0. The van der Waals surface area contributed by atoms with E-state index in [1.54, 1.807) is 13.8 Å². The normalized spacial score (nSPS) is 20.0. The Morgan fingerprint density at radius 3 is 2.36 bits per heavy atom. The van der Waals surface area contributed by atoms with Gasteiger partial charge in [-0.3, -0.25) is 0 Å². The fraction of sp³-hybridized carbons (Fsp3) is 1.00. The maximum atomic E-state index is 10.8. The minimum atomic E-state index is -2.30. The molecule has 0 radical (unpaired) electrons. The van der Waals surface area contributed by atoms with Gasteiger partial charge in [0.1, 0.15) is 10.7 Å². The van der Waals surface area contributed by atoms with Gasteiger partial charge in [-0.2, -0.15) is 0 Å². The van der Waals surface area contributed by atoms with E-state index in [1.165, 1.54) is 0 Å². The summed E-state index contributed by atoms with van der Waals surface area (Å²) in [7, 11) is -2.30. The van der Waals surface area contributed by atoms with Crippen molar-refractivity contribution in [2.75, 3.05) is 6.61 Å². The van der Waals surface area contributed by atoms with Gasteiger partial charge in [0.05, 0.1) is 11.4 Å². The Balaban J connectivity index is 2.17. The Hall–Kier alpha value is -0.130. The molecule has 0 aromatic rings. The monoisotopic (exact) mass is 222 g/mol. The molecular formula is C9H18O4S. The maximum Gasteiger partial charge on any atom is 0.159 e. The third-order valence-electron chi connectivity index (χ3n) is 2.46. The van der Waals surface area contributed by atoms with Gasteiger partial charge in [-0.05, 0) is 39.5 Å². The lowest BCUT2D eigenvalue weighted by Crippen LogP contribution is -2.24. The Kier molecular flexibility index (Phi) is 3.55. The molecule has 0 aromatic carbocycles. The van der Waals surface area contributed by atoms with Crippen molar-refractivity contribution in [3.05, 3.63) is 0 Å². The molecule has 14 heavy (non-hydrogen) atoms. The second kappa shape index (κ2) is 4.16. The molecular weight excluding hydrogens is 204 g/mol. The van der Waals surface area contributed by atoms with Crippen LogP contribution in [0.5, 0.6) is 0 Å². The average molecular weight is 222 g/mol. The maximum absolute atomic E-state index is 10.8. The molecule has 0 aliphatic heterocycles. The third kappa shape index (κ3) is 3.55. The van der Waals surface area contributed by atoms with Crippen LogP contribution in [0.4, 0.5) is 0 Å². The number of thiol groups is 1. The fourth-order valence-electron chi connectivity index (χ4n) is 1.39. The van der Waals surface area contributed by atoms with Gasteiger partial charge in [0, 0.05) is 0 Å². The predicted molar refractivity (Wildman–Crippen MR) is 53.8 cm³/mol. The first-order valence-electron chi connectivity index (χ1n) is 4.87. The van der Waals surface area contributed by atoms with Crippen LogP contribution in [0.3, 0.4) is 0 Å². The van der Waals surface area contributed by atoms with Crippen molar-refractivity contribution < 1.29 is 18.3 Å². The van der Waals surface area contributed by atoms with Crippen LogP contribution in [-0.2, 0) is 15.4 Å². The van der Waals surface area contributed by atoms with Gasteiger partial charge < -0.3 is 9.84 Å². The average Bonchev–Trinajstić information content (AvgIpc) is 2.77. The second-order valence-electron chi connectivity index (χ2n) is 4.38. The van der Waals surface area contributed by atoms with Crippen LogP contribution in [0, 0.1) is 0 Å². The summed E-state index contributed by atoms with van der Waals surface area (Å²) in [4.78, 5) is 0. The van der Waals surface area contributed by atoms with E-state index in [2.05, 4.69) is 0 Å². The fourth-order valence-corrected chi connectivity index (χ4v) is 2.21. The second-order valence-corrected chi connectivity index (χ2v) is 5.84. The molecule has 0 aromatic heterocycles. The highest BCUT2D eigenvalue weighted by Gasteiger charge is 2.45. The molecule has 0 heterocycles. The highest BCUT2D eigenvalue weighted by molar-refractivity contribution is 7.74. The summed E-state index contributed by atoms with van der Waals surface area (Å²) in [5.74, 6) is -1.11. The van der Waals surface area contributed by atoms with E-state index in [0.29, 0.717) is 19.4 Å². The highest BCUT2D eigenvalue weighted by Crippen LogP contribution is 2.43. The minimum absolute atomic E-state index is 0.411. The van der Waals surface area contributed by atoms with Crippen molar-refractivity contribution in [2.24, 2.45) is 0 Å². The van der Waals surface area contributed by atoms with Crippen molar-refractivity contribution in [3.63, 3.8) is 0 Å². The van der Waals surface area contributed by atoms with Crippen LogP contribution in [-0.4, -0.2) is 30.7 Å². The first kappa shape index (κ1) is 11.9. The molecule has 0 atom stereocenters. The number of aliphatic hydroxyl groups is 1. The van der Waals surface area contributed by atoms with Gasteiger partial charge in [0.2, 0.25) is 0 Å². The molecule has 1 saturated carbocycles. The van der Waals surface area contributed by atoms with Gasteiger partial charge in [0.15, 0.2) is 5.79 Å². The molecule has 0 bridgehead atoms. The molecule has 0 amide bonds. The Morgan fingerprint density at radius 2 is 2.00 bits per heavy atom. The highest BCUT2D eigenvalue weighted by atomic mass is 32.2. The van der Waals surface area contributed by atoms with Gasteiger partial charge in [-0.25, -0.2) is 8.42 Å². The van der Waals surface area contributed by atoms with E-state index in [-0.39, 0.29) is 0 Å². The van der Waals surface area contributed by atoms with E-state index >= 15 is 0 Å². The molecule has 0 unspecified atom stereocenters. The smallest absolute Gasteiger partial charge is 0.159 e. The molecule has 1 aliphatic carbocycles. The van der Waals surface area contributed by atoms with E-state index < -0.39 is 21.2 Å². The lowest BCUT2D eigenvalue weighted by molar-refractivity contribution is -0.176. The lowest BCUT2D eigenvalue weighted by Gasteiger charge is -2.18. The van der Waals surface area contributed by atoms with Gasteiger partial charge in [-0.1, -0.05) is 0 Å². The Bertz CT molecular complexity index is 252. The van der Waals surface area contributed by atoms with Crippen molar-refractivity contribution in [3.8, 4) is 0 Å². The molecule has 0 saturated heterocycles. The van der Waals surface area contributed by atoms with Crippen molar-refractivity contribution in [2.45, 2.75) is 50.1 Å². The van der Waals surface area contributed by atoms with Crippen LogP contribution in [0.15, 0.2) is 0 Å². The van der Waals surface area contributed by atoms with Crippen molar-refractivity contribution in [1.82, 2.24) is 0 Å². The number of ether oxygens (including phenoxy) is 1. The van der Waals surface area contributed by atoms with Crippen LogP contribution in [0.25, 0.3) is 0 Å². The molecule has 0 spiro atoms. The minimum Gasteiger partial charge on any atom is -0.366 e. The van der Waals surface area contributed by atoms with Crippen LogP contribution in [0.1, 0.15) is 39.5 Å². The quantitative estimate of drug-likeness (QED) is 0.393. The molecule has 84 valence electrons. The van der Waals surface area contributed by atoms with Crippen molar-refractivity contribution >= 4 is 10.7 Å². The summed E-state index contributed by atoms with van der Waals surface area (Å²) < 4.78 is 26.3. The first-order chi connectivity index (χ1) is 6.36. The zero-order valence-electron chi connectivity index (χ0n) is 8.65. The molecule has 5 heteroatoms. The van der Waals surface area contributed by atoms with E-state index in [0.717, 1.165) is 12.8 Å². The van der Waals surface area contributed by atoms with Crippen molar-refractivity contribution in [1.29, 1.82) is 0 Å². The third-order valence-corrected chi connectivity index (χ3v) is 3.90. The first-order valence-corrected chi connectivity index (χ1v) is 6.04. The number of rotatable bonds is 6. The number of hydrogen-bond donors (Lipinski definition) is 2. The molecule has 1 aliphatic rings. The Morgan fingerprint density at radius 1 is 1.43 bits per heavy atom. The SMILES string of the molecule is CC(C)(O)OCCCC1([SH](=O)=O)CC1. The zero-order valence-corrected chi connectivity index (χ0v) is 9.55. The molecule has 1 N–H and O–H groups in total. The zero-order chi connectivity index (χ0) is 10.8. The van der Waals surface area contributed by atoms with Gasteiger partial charge >= 0.3 is 0 Å². The summed E-state index contributed by atoms with van der Waals surface area (Å²) >= 11 is 0. The lowest BCUT2D eigenvalue weighted by atomic mass is 10.2. The molecule has 4 nitrogen and oxygen atoms in total. The standard InChI is InChI=1S/C9H18O4S/c1-8(2,10)13-7-3-4-9(5-6-9)14(11)12/h10,14H,3-7H2,1-2H3. The van der Waals surface area contributed by atoms with Crippen LogP contribution >= 0.6 is 0 Å². The summed E-state index contributed by atoms with van der Waals surface area (Å²) in [5, 5.41) is 9.23. The van der Waals surface area contributed by atoms with E-state index in [1.807, 2.05) is 0 Å². The van der Waals surface area contributed by atoms with Gasteiger partial charge in [-0.15, -0.1) is 0 Å². The van der Waals surface area contributed by atoms with E-state index in [9.17, 15) is 13.5 Å². The predicted octanol–water partition coefficient (Wildman–Crippen LogP) is 0.656. The summed E-state index contributed by atoms with van der Waals surface area (Å²) in [5.41, 5.74) is 0. The number of hydrogen-bond acceptors (Lipinski definition) is 4.